The van der Waals surface area contributed by atoms with E-state index in [2.05, 4.69) is 23.3 Å². The molecule has 2 nitrogen and oxygen atoms in total. The van der Waals surface area contributed by atoms with Crippen LogP contribution in [0.5, 0.6) is 0 Å². The van der Waals surface area contributed by atoms with Crippen LogP contribution >= 0.6 is 0 Å². The average Bonchev–Trinajstić information content (AvgIpc) is 1.70. The molecule has 0 aromatic rings. The molecule has 2 heterocycles. The SMILES string of the molecule is C=C(C)N1CC(N2CCC2)C1. The van der Waals surface area contributed by atoms with E-state index in [4.69, 9.17) is 0 Å². The summed E-state index contributed by atoms with van der Waals surface area (Å²) in [7, 11) is 0. The first-order valence-electron chi connectivity index (χ1n) is 4.42. The van der Waals surface area contributed by atoms with Crippen molar-refractivity contribution in [1.29, 1.82) is 0 Å². The molecule has 2 rings (SSSR count). The van der Waals surface area contributed by atoms with E-state index < -0.39 is 0 Å². The Morgan fingerprint density at radius 3 is 2.36 bits per heavy atom. The van der Waals surface area contributed by atoms with Crippen molar-refractivity contribution in [1.82, 2.24) is 9.80 Å². The molecule has 0 aromatic carbocycles. The van der Waals surface area contributed by atoms with E-state index in [0.717, 1.165) is 6.04 Å². The third kappa shape index (κ3) is 1.16. The zero-order valence-corrected chi connectivity index (χ0v) is 7.21. The van der Waals surface area contributed by atoms with Crippen LogP contribution in [0.2, 0.25) is 0 Å². The third-order valence-corrected chi connectivity index (χ3v) is 2.81. The van der Waals surface area contributed by atoms with Crippen molar-refractivity contribution in [2.24, 2.45) is 0 Å². The highest BCUT2D eigenvalue weighted by atomic mass is 15.3. The topological polar surface area (TPSA) is 6.48 Å². The quantitative estimate of drug-likeness (QED) is 0.580. The Hall–Kier alpha value is -0.500. The number of nitrogens with zero attached hydrogens (tertiary/aromatic N) is 2. The van der Waals surface area contributed by atoms with Gasteiger partial charge in [0, 0.05) is 24.8 Å². The van der Waals surface area contributed by atoms with Gasteiger partial charge in [-0.05, 0) is 26.4 Å². The molecule has 2 heteroatoms. The molecule has 0 atom stereocenters. The molecular weight excluding hydrogens is 136 g/mol. The van der Waals surface area contributed by atoms with Crippen molar-refractivity contribution in [2.75, 3.05) is 26.2 Å². The highest BCUT2D eigenvalue weighted by Crippen LogP contribution is 2.22. The van der Waals surface area contributed by atoms with Gasteiger partial charge in [0.25, 0.3) is 0 Å². The highest BCUT2D eigenvalue weighted by Gasteiger charge is 2.33. The minimum Gasteiger partial charge on any atom is -0.372 e. The van der Waals surface area contributed by atoms with Gasteiger partial charge < -0.3 is 4.90 Å². The molecule has 2 saturated heterocycles. The van der Waals surface area contributed by atoms with Crippen LogP contribution in [0, 0.1) is 0 Å². The number of hydrogen-bond donors (Lipinski definition) is 0. The third-order valence-electron chi connectivity index (χ3n) is 2.81. The van der Waals surface area contributed by atoms with E-state index >= 15 is 0 Å². The lowest BCUT2D eigenvalue weighted by atomic mass is 10.0. The summed E-state index contributed by atoms with van der Waals surface area (Å²) in [5.74, 6) is 0. The molecule has 2 fully saturated rings. The van der Waals surface area contributed by atoms with Gasteiger partial charge in [0.2, 0.25) is 0 Å². The molecule has 0 amide bonds. The predicted molar refractivity (Wildman–Crippen MR) is 46.4 cm³/mol. The maximum atomic E-state index is 3.92. The van der Waals surface area contributed by atoms with Gasteiger partial charge in [-0.25, -0.2) is 0 Å². The van der Waals surface area contributed by atoms with E-state index in [0.29, 0.717) is 0 Å². The van der Waals surface area contributed by atoms with Gasteiger partial charge in [-0.2, -0.15) is 0 Å². The predicted octanol–water partition coefficient (Wildman–Crippen LogP) is 0.910. The Morgan fingerprint density at radius 1 is 1.36 bits per heavy atom. The van der Waals surface area contributed by atoms with Gasteiger partial charge in [-0.1, -0.05) is 6.58 Å². The minimum absolute atomic E-state index is 0.848. The molecule has 0 spiro atoms. The zero-order valence-electron chi connectivity index (χ0n) is 7.21. The highest BCUT2D eigenvalue weighted by molar-refractivity contribution is 5.01. The van der Waals surface area contributed by atoms with E-state index in [9.17, 15) is 0 Å². The van der Waals surface area contributed by atoms with E-state index in [1.54, 1.807) is 0 Å². The summed E-state index contributed by atoms with van der Waals surface area (Å²) in [5.41, 5.74) is 1.22. The fourth-order valence-electron chi connectivity index (χ4n) is 1.70. The van der Waals surface area contributed by atoms with Crippen molar-refractivity contribution in [3.63, 3.8) is 0 Å². The van der Waals surface area contributed by atoms with Crippen molar-refractivity contribution in [3.8, 4) is 0 Å². The first-order chi connectivity index (χ1) is 5.27. The summed E-state index contributed by atoms with van der Waals surface area (Å²) in [5, 5.41) is 0. The molecule has 0 aliphatic carbocycles. The van der Waals surface area contributed by atoms with Crippen LogP contribution in [0.3, 0.4) is 0 Å². The molecule has 62 valence electrons. The van der Waals surface area contributed by atoms with E-state index in [1.165, 1.54) is 38.3 Å². The van der Waals surface area contributed by atoms with Crippen LogP contribution in [0.1, 0.15) is 13.3 Å². The minimum atomic E-state index is 0.848. The monoisotopic (exact) mass is 152 g/mol. The van der Waals surface area contributed by atoms with Crippen LogP contribution in [0.25, 0.3) is 0 Å². The Bertz CT molecular complexity index is 166. The molecule has 0 saturated carbocycles. The van der Waals surface area contributed by atoms with Gasteiger partial charge in [0.1, 0.15) is 0 Å². The normalized spacial score (nSPS) is 26.1. The number of allylic oxidation sites excluding steroid dienone is 1. The van der Waals surface area contributed by atoms with Gasteiger partial charge in [0.05, 0.1) is 0 Å². The first-order valence-corrected chi connectivity index (χ1v) is 4.42. The van der Waals surface area contributed by atoms with Crippen molar-refractivity contribution < 1.29 is 0 Å². The van der Waals surface area contributed by atoms with E-state index in [1.807, 2.05) is 0 Å². The summed E-state index contributed by atoms with van der Waals surface area (Å²) in [6.45, 7) is 11.1. The molecule has 2 aliphatic heterocycles. The molecular formula is C9H16N2. The second-order valence-corrected chi connectivity index (χ2v) is 3.68. The summed E-state index contributed by atoms with van der Waals surface area (Å²) in [4.78, 5) is 4.92. The standard InChI is InChI=1S/C9H16N2/c1-8(2)11-6-9(7-11)10-4-3-5-10/h9H,1,3-7H2,2H3. The molecule has 0 radical (unpaired) electrons. The Labute approximate surface area is 68.5 Å². The van der Waals surface area contributed by atoms with E-state index in [-0.39, 0.29) is 0 Å². The van der Waals surface area contributed by atoms with Gasteiger partial charge in [-0.15, -0.1) is 0 Å². The fourth-order valence-corrected chi connectivity index (χ4v) is 1.70. The molecule has 11 heavy (non-hydrogen) atoms. The van der Waals surface area contributed by atoms with Crippen LogP contribution in [0.15, 0.2) is 12.3 Å². The molecule has 2 aliphatic rings. The molecule has 0 bridgehead atoms. The summed E-state index contributed by atoms with van der Waals surface area (Å²) < 4.78 is 0. The second-order valence-electron chi connectivity index (χ2n) is 3.68. The molecule has 0 unspecified atom stereocenters. The lowest BCUT2D eigenvalue weighted by Crippen LogP contribution is -2.61. The van der Waals surface area contributed by atoms with Crippen LogP contribution < -0.4 is 0 Å². The molecule has 0 aromatic heterocycles. The maximum absolute atomic E-state index is 3.92. The van der Waals surface area contributed by atoms with Gasteiger partial charge in [0.15, 0.2) is 0 Å². The zero-order chi connectivity index (χ0) is 7.84. The first kappa shape index (κ1) is 7.17. The van der Waals surface area contributed by atoms with Crippen LogP contribution in [0.4, 0.5) is 0 Å². The Morgan fingerprint density at radius 2 is 2.00 bits per heavy atom. The number of likely N-dealkylation sites (tertiary alicyclic amines) is 2. The van der Waals surface area contributed by atoms with Gasteiger partial charge >= 0.3 is 0 Å². The lowest BCUT2D eigenvalue weighted by Gasteiger charge is -2.50. The average molecular weight is 152 g/mol. The van der Waals surface area contributed by atoms with Crippen LogP contribution in [-0.2, 0) is 0 Å². The number of rotatable bonds is 2. The Balaban J connectivity index is 1.74. The number of hydrogen-bond acceptors (Lipinski definition) is 2. The Kier molecular flexibility index (Phi) is 1.64. The lowest BCUT2D eigenvalue weighted by molar-refractivity contribution is 0.0185. The van der Waals surface area contributed by atoms with Crippen molar-refractivity contribution in [3.05, 3.63) is 12.3 Å². The smallest absolute Gasteiger partial charge is 0.0446 e. The van der Waals surface area contributed by atoms with Crippen molar-refractivity contribution in [2.45, 2.75) is 19.4 Å². The fraction of sp³-hybridized carbons (Fsp3) is 0.778. The summed E-state index contributed by atoms with van der Waals surface area (Å²) >= 11 is 0. The summed E-state index contributed by atoms with van der Waals surface area (Å²) in [6.07, 6.45) is 1.41. The summed E-state index contributed by atoms with van der Waals surface area (Å²) in [6, 6.07) is 0.848. The van der Waals surface area contributed by atoms with Gasteiger partial charge in [-0.3, -0.25) is 4.90 Å². The second kappa shape index (κ2) is 2.52. The largest absolute Gasteiger partial charge is 0.372 e. The molecule has 0 N–H and O–H groups in total. The van der Waals surface area contributed by atoms with Crippen LogP contribution in [-0.4, -0.2) is 42.0 Å². The maximum Gasteiger partial charge on any atom is 0.0446 e. The van der Waals surface area contributed by atoms with Crippen molar-refractivity contribution >= 4 is 0 Å².